The lowest BCUT2D eigenvalue weighted by atomic mass is 10.2. The molecule has 1 fully saturated rings. The molecule has 82 valence electrons. The number of nitrogens with one attached hydrogen (secondary N) is 1. The first-order valence-corrected chi connectivity index (χ1v) is 6.27. The van der Waals surface area contributed by atoms with Gasteiger partial charge >= 0.3 is 0 Å². The van der Waals surface area contributed by atoms with Crippen molar-refractivity contribution in [3.8, 4) is 0 Å². The predicted octanol–water partition coefficient (Wildman–Crippen LogP) is 0.950. The predicted molar refractivity (Wildman–Crippen MR) is 61.7 cm³/mol. The van der Waals surface area contributed by atoms with E-state index in [0.717, 1.165) is 11.8 Å². The van der Waals surface area contributed by atoms with Crippen molar-refractivity contribution in [3.05, 3.63) is 0 Å². The lowest BCUT2D eigenvalue weighted by Crippen LogP contribution is -2.36. The monoisotopic (exact) mass is 216 g/mol. The van der Waals surface area contributed by atoms with Crippen molar-refractivity contribution in [1.29, 1.82) is 0 Å². The fourth-order valence-corrected chi connectivity index (χ4v) is 2.74. The van der Waals surface area contributed by atoms with Gasteiger partial charge in [0.25, 0.3) is 0 Å². The summed E-state index contributed by atoms with van der Waals surface area (Å²) in [5, 5.41) is 3.95. The Balaban J connectivity index is 2.05. The van der Waals surface area contributed by atoms with Crippen LogP contribution in [0.5, 0.6) is 0 Å². The maximum Gasteiger partial charge on any atom is 0.236 e. The molecule has 1 unspecified atom stereocenters. The van der Waals surface area contributed by atoms with E-state index in [-0.39, 0.29) is 5.91 Å². The second kappa shape index (κ2) is 6.30. The Morgan fingerprint density at radius 2 is 2.29 bits per heavy atom. The molecule has 0 aliphatic carbocycles. The highest BCUT2D eigenvalue weighted by Crippen LogP contribution is 2.24. The average Bonchev–Trinajstić information content (AvgIpc) is 2.19. The van der Waals surface area contributed by atoms with Gasteiger partial charge in [-0.25, -0.2) is 0 Å². The van der Waals surface area contributed by atoms with Crippen LogP contribution in [0.4, 0.5) is 0 Å². The van der Waals surface area contributed by atoms with Gasteiger partial charge in [0.05, 0.1) is 6.54 Å². The molecule has 1 rings (SSSR count). The maximum absolute atomic E-state index is 11.2. The van der Waals surface area contributed by atoms with Crippen molar-refractivity contribution < 1.29 is 4.79 Å². The highest BCUT2D eigenvalue weighted by molar-refractivity contribution is 7.99. The average molecular weight is 216 g/mol. The van der Waals surface area contributed by atoms with Crippen LogP contribution < -0.4 is 5.32 Å². The van der Waals surface area contributed by atoms with Gasteiger partial charge in [-0.05, 0) is 18.6 Å². The Bertz CT molecular complexity index is 179. The van der Waals surface area contributed by atoms with Crippen LogP contribution in [0.25, 0.3) is 0 Å². The summed E-state index contributed by atoms with van der Waals surface area (Å²) in [5.41, 5.74) is 0. The van der Waals surface area contributed by atoms with Crippen LogP contribution in [0.15, 0.2) is 0 Å². The molecule has 0 aromatic carbocycles. The second-order valence-electron chi connectivity index (χ2n) is 3.91. The number of nitrogens with zero attached hydrogens (tertiary/aromatic N) is 1. The van der Waals surface area contributed by atoms with Gasteiger partial charge in [-0.1, -0.05) is 6.42 Å². The molecule has 0 aromatic rings. The zero-order chi connectivity index (χ0) is 10.4. The lowest BCUT2D eigenvalue weighted by Gasteiger charge is -2.21. The first-order chi connectivity index (χ1) is 6.70. The Labute approximate surface area is 90.6 Å². The van der Waals surface area contributed by atoms with Gasteiger partial charge in [-0.2, -0.15) is 11.8 Å². The number of rotatable bonds is 4. The Morgan fingerprint density at radius 1 is 1.50 bits per heavy atom. The standard InChI is InChI=1S/C10H20N2OS/c1-12(2)10(13)8-11-7-9-5-3-4-6-14-9/h9,11H,3-8H2,1-2H3. The molecule has 1 saturated heterocycles. The smallest absolute Gasteiger partial charge is 0.236 e. The summed E-state index contributed by atoms with van der Waals surface area (Å²) in [6.07, 6.45) is 4.01. The molecule has 0 spiro atoms. The van der Waals surface area contributed by atoms with Crippen molar-refractivity contribution >= 4 is 17.7 Å². The van der Waals surface area contributed by atoms with E-state index in [2.05, 4.69) is 5.32 Å². The number of carbonyl (C=O) groups excluding carboxylic acids is 1. The lowest BCUT2D eigenvalue weighted by molar-refractivity contribution is -0.127. The largest absolute Gasteiger partial charge is 0.348 e. The van der Waals surface area contributed by atoms with Gasteiger partial charge in [-0.15, -0.1) is 0 Å². The maximum atomic E-state index is 11.2. The van der Waals surface area contributed by atoms with Gasteiger partial charge in [0.15, 0.2) is 0 Å². The normalized spacial score (nSPS) is 22.0. The Hall–Kier alpha value is -0.220. The van der Waals surface area contributed by atoms with Gasteiger partial charge in [0.2, 0.25) is 5.91 Å². The molecule has 0 aromatic heterocycles. The molecule has 4 heteroatoms. The van der Waals surface area contributed by atoms with Crippen LogP contribution >= 0.6 is 11.8 Å². The van der Waals surface area contributed by atoms with Gasteiger partial charge in [0.1, 0.15) is 0 Å². The first kappa shape index (κ1) is 11.9. The van der Waals surface area contributed by atoms with E-state index in [1.54, 1.807) is 19.0 Å². The number of likely N-dealkylation sites (N-methyl/N-ethyl adjacent to an activating group) is 1. The zero-order valence-electron chi connectivity index (χ0n) is 9.08. The third-order valence-corrected chi connectivity index (χ3v) is 3.82. The van der Waals surface area contributed by atoms with E-state index >= 15 is 0 Å². The fraction of sp³-hybridized carbons (Fsp3) is 0.900. The van der Waals surface area contributed by atoms with E-state index in [1.807, 2.05) is 11.8 Å². The van der Waals surface area contributed by atoms with Crippen LogP contribution in [-0.4, -0.2) is 49.0 Å². The van der Waals surface area contributed by atoms with Gasteiger partial charge in [-0.3, -0.25) is 4.79 Å². The van der Waals surface area contributed by atoms with Crippen molar-refractivity contribution in [2.45, 2.75) is 24.5 Å². The van der Waals surface area contributed by atoms with Gasteiger partial charge in [0, 0.05) is 25.9 Å². The molecule has 0 radical (unpaired) electrons. The highest BCUT2D eigenvalue weighted by atomic mass is 32.2. The molecule has 3 nitrogen and oxygen atoms in total. The molecular formula is C10H20N2OS. The second-order valence-corrected chi connectivity index (χ2v) is 5.32. The van der Waals surface area contributed by atoms with Crippen molar-refractivity contribution in [2.24, 2.45) is 0 Å². The minimum absolute atomic E-state index is 0.158. The highest BCUT2D eigenvalue weighted by Gasteiger charge is 2.13. The molecule has 1 N–H and O–H groups in total. The number of thioether (sulfide) groups is 1. The van der Waals surface area contributed by atoms with Crippen LogP contribution in [0.3, 0.4) is 0 Å². The summed E-state index contributed by atoms with van der Waals surface area (Å²) in [6.45, 7) is 1.45. The van der Waals surface area contributed by atoms with E-state index in [1.165, 1.54) is 25.0 Å². The summed E-state index contributed by atoms with van der Waals surface area (Å²) in [4.78, 5) is 12.9. The topological polar surface area (TPSA) is 32.3 Å². The van der Waals surface area contributed by atoms with E-state index < -0.39 is 0 Å². The quantitative estimate of drug-likeness (QED) is 0.759. The summed E-state index contributed by atoms with van der Waals surface area (Å²) < 4.78 is 0. The molecule has 1 atom stereocenters. The third kappa shape index (κ3) is 4.33. The molecule has 1 aliphatic heterocycles. The number of carbonyl (C=O) groups is 1. The van der Waals surface area contributed by atoms with E-state index in [9.17, 15) is 4.79 Å². The van der Waals surface area contributed by atoms with Crippen molar-refractivity contribution in [3.63, 3.8) is 0 Å². The summed E-state index contributed by atoms with van der Waals surface area (Å²) >= 11 is 2.04. The van der Waals surface area contributed by atoms with E-state index in [0.29, 0.717) is 6.54 Å². The number of hydrogen-bond donors (Lipinski definition) is 1. The summed E-state index contributed by atoms with van der Waals surface area (Å²) in [5.74, 6) is 1.44. The number of hydrogen-bond acceptors (Lipinski definition) is 3. The Morgan fingerprint density at radius 3 is 2.86 bits per heavy atom. The first-order valence-electron chi connectivity index (χ1n) is 5.22. The molecule has 0 saturated carbocycles. The minimum Gasteiger partial charge on any atom is -0.348 e. The molecular weight excluding hydrogens is 196 g/mol. The van der Waals surface area contributed by atoms with E-state index in [4.69, 9.17) is 0 Å². The van der Waals surface area contributed by atoms with Crippen LogP contribution in [-0.2, 0) is 4.79 Å². The van der Waals surface area contributed by atoms with Crippen molar-refractivity contribution in [2.75, 3.05) is 32.9 Å². The number of amides is 1. The molecule has 1 amide bonds. The fourth-order valence-electron chi connectivity index (χ4n) is 1.47. The zero-order valence-corrected chi connectivity index (χ0v) is 9.90. The third-order valence-electron chi connectivity index (χ3n) is 2.42. The Kier molecular flexibility index (Phi) is 5.33. The molecule has 1 heterocycles. The molecule has 0 bridgehead atoms. The van der Waals surface area contributed by atoms with Crippen LogP contribution in [0.1, 0.15) is 19.3 Å². The molecule has 14 heavy (non-hydrogen) atoms. The van der Waals surface area contributed by atoms with Crippen LogP contribution in [0.2, 0.25) is 0 Å². The summed E-state index contributed by atoms with van der Waals surface area (Å²) in [7, 11) is 3.58. The van der Waals surface area contributed by atoms with Crippen molar-refractivity contribution in [1.82, 2.24) is 10.2 Å². The summed E-state index contributed by atoms with van der Waals surface area (Å²) in [6, 6.07) is 0. The minimum atomic E-state index is 0.158. The SMILES string of the molecule is CN(C)C(=O)CNCC1CCCCS1. The van der Waals surface area contributed by atoms with Crippen LogP contribution in [0, 0.1) is 0 Å². The molecule has 1 aliphatic rings. The van der Waals surface area contributed by atoms with Gasteiger partial charge < -0.3 is 10.2 Å².